The average molecular weight is 312 g/mol. The summed E-state index contributed by atoms with van der Waals surface area (Å²) in [4.78, 5) is 12.7. The van der Waals surface area contributed by atoms with E-state index in [-0.39, 0.29) is 5.91 Å². The highest BCUT2D eigenvalue weighted by atomic mass is 35.5. The number of hydrogen-bond acceptors (Lipinski definition) is 2. The van der Waals surface area contributed by atoms with Crippen LogP contribution in [0.3, 0.4) is 0 Å². The van der Waals surface area contributed by atoms with Gasteiger partial charge in [-0.25, -0.2) is 0 Å². The molecule has 0 bridgehead atoms. The van der Waals surface area contributed by atoms with Gasteiger partial charge < -0.3 is 5.32 Å². The van der Waals surface area contributed by atoms with Gasteiger partial charge in [-0.15, -0.1) is 11.3 Å². The highest BCUT2D eigenvalue weighted by Crippen LogP contribution is 2.23. The second kappa shape index (κ2) is 6.75. The van der Waals surface area contributed by atoms with E-state index in [0.717, 1.165) is 10.4 Å². The van der Waals surface area contributed by atoms with Crippen LogP contribution in [-0.2, 0) is 11.3 Å². The monoisotopic (exact) mass is 311 g/mol. The van der Waals surface area contributed by atoms with Crippen LogP contribution >= 0.6 is 34.5 Å². The summed E-state index contributed by atoms with van der Waals surface area (Å²) < 4.78 is 0. The van der Waals surface area contributed by atoms with Crippen LogP contribution in [-0.4, -0.2) is 5.91 Å². The number of amides is 1. The molecule has 98 valence electrons. The number of carbonyl (C=O) groups excluding carboxylic acids is 1. The Bertz CT molecular complexity index is 593. The minimum absolute atomic E-state index is 0.139. The van der Waals surface area contributed by atoms with Crippen LogP contribution < -0.4 is 5.32 Å². The standard InChI is InChI=1S/C14H11Cl2NOS/c15-12-5-3-10(8-13(12)16)4-6-14(18)17-9-11-2-1-7-19-11/h1-8H,9H2,(H,17,18). The third-order valence-electron chi connectivity index (χ3n) is 2.39. The predicted octanol–water partition coefficient (Wildman–Crippen LogP) is 4.38. The minimum atomic E-state index is -0.139. The highest BCUT2D eigenvalue weighted by molar-refractivity contribution is 7.09. The molecule has 2 rings (SSSR count). The second-order valence-electron chi connectivity index (χ2n) is 3.80. The summed E-state index contributed by atoms with van der Waals surface area (Å²) in [5, 5.41) is 5.76. The molecule has 2 aromatic rings. The van der Waals surface area contributed by atoms with Crippen molar-refractivity contribution in [3.05, 3.63) is 62.3 Å². The number of hydrogen-bond donors (Lipinski definition) is 1. The maximum absolute atomic E-state index is 11.6. The summed E-state index contributed by atoms with van der Waals surface area (Å²) in [6.45, 7) is 0.544. The predicted molar refractivity (Wildman–Crippen MR) is 81.7 cm³/mol. The smallest absolute Gasteiger partial charge is 0.244 e. The fraction of sp³-hybridized carbons (Fsp3) is 0.0714. The molecule has 0 aliphatic heterocycles. The van der Waals surface area contributed by atoms with Crippen LogP contribution in [0.25, 0.3) is 6.08 Å². The highest BCUT2D eigenvalue weighted by Gasteiger charge is 1.99. The number of thiophene rings is 1. The van der Waals surface area contributed by atoms with Crippen LogP contribution in [0.5, 0.6) is 0 Å². The molecule has 1 heterocycles. The molecular weight excluding hydrogens is 301 g/mol. The van der Waals surface area contributed by atoms with Gasteiger partial charge in [-0.05, 0) is 35.2 Å². The van der Waals surface area contributed by atoms with E-state index in [2.05, 4.69) is 5.32 Å². The van der Waals surface area contributed by atoms with Gasteiger partial charge in [0.05, 0.1) is 16.6 Å². The molecule has 1 N–H and O–H groups in total. The molecule has 0 fully saturated rings. The normalized spacial score (nSPS) is 10.8. The van der Waals surface area contributed by atoms with Crippen molar-refractivity contribution in [2.24, 2.45) is 0 Å². The first-order chi connectivity index (χ1) is 9.15. The molecule has 0 radical (unpaired) electrons. The van der Waals surface area contributed by atoms with Gasteiger partial charge in [0.15, 0.2) is 0 Å². The molecule has 5 heteroatoms. The van der Waals surface area contributed by atoms with Crippen molar-refractivity contribution in [3.8, 4) is 0 Å². The summed E-state index contributed by atoms with van der Waals surface area (Å²) in [5.74, 6) is -0.139. The van der Waals surface area contributed by atoms with Crippen LogP contribution in [0.15, 0.2) is 41.8 Å². The van der Waals surface area contributed by atoms with Gasteiger partial charge in [0.25, 0.3) is 0 Å². The molecule has 19 heavy (non-hydrogen) atoms. The van der Waals surface area contributed by atoms with Crippen molar-refractivity contribution in [1.29, 1.82) is 0 Å². The first-order valence-electron chi connectivity index (χ1n) is 5.58. The molecule has 0 saturated carbocycles. The largest absolute Gasteiger partial charge is 0.348 e. The Morgan fingerprint density at radius 3 is 2.79 bits per heavy atom. The summed E-state index contributed by atoms with van der Waals surface area (Å²) in [6, 6.07) is 9.16. The Labute approximate surface area is 125 Å². The molecule has 1 aromatic carbocycles. The maximum Gasteiger partial charge on any atom is 0.244 e. The zero-order chi connectivity index (χ0) is 13.7. The van der Waals surface area contributed by atoms with Gasteiger partial charge in [0.1, 0.15) is 0 Å². The van der Waals surface area contributed by atoms with Crippen molar-refractivity contribution in [1.82, 2.24) is 5.32 Å². The van der Waals surface area contributed by atoms with E-state index in [9.17, 15) is 4.79 Å². The summed E-state index contributed by atoms with van der Waals surface area (Å²) >= 11 is 13.3. The molecule has 2 nitrogen and oxygen atoms in total. The fourth-order valence-corrected chi connectivity index (χ4v) is 2.39. The zero-order valence-electron chi connectivity index (χ0n) is 9.90. The Balaban J connectivity index is 1.90. The van der Waals surface area contributed by atoms with Crippen molar-refractivity contribution in [2.45, 2.75) is 6.54 Å². The second-order valence-corrected chi connectivity index (χ2v) is 5.65. The van der Waals surface area contributed by atoms with Crippen LogP contribution in [0.1, 0.15) is 10.4 Å². The molecular formula is C14H11Cl2NOS. The van der Waals surface area contributed by atoms with E-state index in [0.29, 0.717) is 16.6 Å². The molecule has 0 aliphatic carbocycles. The first kappa shape index (κ1) is 14.1. The van der Waals surface area contributed by atoms with Crippen molar-refractivity contribution in [3.63, 3.8) is 0 Å². The SMILES string of the molecule is O=C(C=Cc1ccc(Cl)c(Cl)c1)NCc1cccs1. The molecule has 0 aliphatic rings. The number of benzene rings is 1. The number of halogens is 2. The summed E-state index contributed by atoms with van der Waals surface area (Å²) in [5.41, 5.74) is 0.834. The van der Waals surface area contributed by atoms with Crippen molar-refractivity contribution >= 4 is 46.5 Å². The minimum Gasteiger partial charge on any atom is -0.348 e. The van der Waals surface area contributed by atoms with Crippen LogP contribution in [0.4, 0.5) is 0 Å². The summed E-state index contributed by atoms with van der Waals surface area (Å²) in [7, 11) is 0. The van der Waals surface area contributed by atoms with Gasteiger partial charge in [-0.1, -0.05) is 35.3 Å². The molecule has 0 spiro atoms. The van der Waals surface area contributed by atoms with Gasteiger partial charge in [0.2, 0.25) is 5.91 Å². The molecule has 0 saturated heterocycles. The summed E-state index contributed by atoms with van der Waals surface area (Å²) in [6.07, 6.45) is 3.18. The Morgan fingerprint density at radius 1 is 1.26 bits per heavy atom. The number of rotatable bonds is 4. The van der Waals surface area contributed by atoms with Crippen molar-refractivity contribution in [2.75, 3.05) is 0 Å². The number of carbonyl (C=O) groups is 1. The van der Waals surface area contributed by atoms with E-state index < -0.39 is 0 Å². The topological polar surface area (TPSA) is 29.1 Å². The lowest BCUT2D eigenvalue weighted by atomic mass is 10.2. The lowest BCUT2D eigenvalue weighted by Gasteiger charge is -2.00. The third kappa shape index (κ3) is 4.39. The van der Waals surface area contributed by atoms with Gasteiger partial charge in [0, 0.05) is 11.0 Å². The van der Waals surface area contributed by atoms with E-state index in [1.165, 1.54) is 6.08 Å². The lowest BCUT2D eigenvalue weighted by molar-refractivity contribution is -0.116. The fourth-order valence-electron chi connectivity index (χ4n) is 1.43. The van der Waals surface area contributed by atoms with Crippen LogP contribution in [0, 0.1) is 0 Å². The zero-order valence-corrected chi connectivity index (χ0v) is 12.2. The quantitative estimate of drug-likeness (QED) is 0.834. The lowest BCUT2D eigenvalue weighted by Crippen LogP contribution is -2.19. The van der Waals surface area contributed by atoms with E-state index in [1.54, 1.807) is 35.6 Å². The van der Waals surface area contributed by atoms with E-state index in [4.69, 9.17) is 23.2 Å². The molecule has 0 unspecified atom stereocenters. The Kier molecular flexibility index (Phi) is 5.02. The van der Waals surface area contributed by atoms with Crippen molar-refractivity contribution < 1.29 is 4.79 Å². The molecule has 1 aromatic heterocycles. The van der Waals surface area contributed by atoms with Gasteiger partial charge >= 0.3 is 0 Å². The van der Waals surface area contributed by atoms with Crippen LogP contribution in [0.2, 0.25) is 10.0 Å². The first-order valence-corrected chi connectivity index (χ1v) is 7.22. The van der Waals surface area contributed by atoms with Gasteiger partial charge in [-0.2, -0.15) is 0 Å². The molecule has 0 atom stereocenters. The maximum atomic E-state index is 11.6. The Hall–Kier alpha value is -1.29. The van der Waals surface area contributed by atoms with E-state index >= 15 is 0 Å². The van der Waals surface area contributed by atoms with Gasteiger partial charge in [-0.3, -0.25) is 4.79 Å². The Morgan fingerprint density at radius 2 is 2.11 bits per heavy atom. The number of nitrogens with one attached hydrogen (secondary N) is 1. The molecule has 1 amide bonds. The van der Waals surface area contributed by atoms with E-state index in [1.807, 2.05) is 17.5 Å². The average Bonchev–Trinajstić information content (AvgIpc) is 2.91. The third-order valence-corrected chi connectivity index (χ3v) is 4.00.